The zero-order valence-electron chi connectivity index (χ0n) is 12.0. The lowest BCUT2D eigenvalue weighted by Gasteiger charge is -2.25. The SMILES string of the molecule is Cc1ccc(C(N)CN2CCCCCC2=O)c(C)c1. The molecule has 1 atom stereocenters. The normalized spacial score (nSPS) is 18.3. The molecule has 104 valence electrons. The highest BCUT2D eigenvalue weighted by Crippen LogP contribution is 2.20. The van der Waals surface area contributed by atoms with Gasteiger partial charge < -0.3 is 10.6 Å². The number of benzene rings is 1. The summed E-state index contributed by atoms with van der Waals surface area (Å²) >= 11 is 0. The standard InChI is InChI=1S/C16H24N2O/c1-12-7-8-14(13(2)10-12)15(17)11-18-9-5-3-4-6-16(18)19/h7-8,10,15H,3-6,9,11,17H2,1-2H3. The molecule has 0 bridgehead atoms. The second-order valence-corrected chi connectivity index (χ2v) is 5.62. The molecule has 0 aliphatic carbocycles. The Bertz CT molecular complexity index is 456. The first-order chi connectivity index (χ1) is 9.08. The highest BCUT2D eigenvalue weighted by Gasteiger charge is 2.20. The number of nitrogens with two attached hydrogens (primary N) is 1. The molecule has 1 aliphatic rings. The molecule has 1 saturated heterocycles. The number of hydrogen-bond donors (Lipinski definition) is 1. The Hall–Kier alpha value is -1.35. The average molecular weight is 260 g/mol. The van der Waals surface area contributed by atoms with Gasteiger partial charge in [-0.3, -0.25) is 4.79 Å². The number of amides is 1. The number of nitrogens with zero attached hydrogens (tertiary/aromatic N) is 1. The van der Waals surface area contributed by atoms with Crippen LogP contribution in [0.3, 0.4) is 0 Å². The van der Waals surface area contributed by atoms with Gasteiger partial charge in [-0.1, -0.05) is 30.2 Å². The summed E-state index contributed by atoms with van der Waals surface area (Å²) in [5.74, 6) is 0.262. The van der Waals surface area contributed by atoms with E-state index in [0.29, 0.717) is 13.0 Å². The van der Waals surface area contributed by atoms with Crippen molar-refractivity contribution in [3.05, 3.63) is 34.9 Å². The van der Waals surface area contributed by atoms with Crippen LogP contribution >= 0.6 is 0 Å². The lowest BCUT2D eigenvalue weighted by molar-refractivity contribution is -0.130. The highest BCUT2D eigenvalue weighted by atomic mass is 16.2. The maximum Gasteiger partial charge on any atom is 0.222 e. The molecule has 1 heterocycles. The van der Waals surface area contributed by atoms with Crippen LogP contribution < -0.4 is 5.73 Å². The number of carbonyl (C=O) groups is 1. The summed E-state index contributed by atoms with van der Waals surface area (Å²) in [6.45, 7) is 5.67. The molecule has 0 saturated carbocycles. The predicted molar refractivity (Wildman–Crippen MR) is 77.9 cm³/mol. The molecule has 1 aromatic rings. The minimum Gasteiger partial charge on any atom is -0.341 e. The molecule has 1 unspecified atom stereocenters. The molecule has 3 nitrogen and oxygen atoms in total. The van der Waals surface area contributed by atoms with Crippen LogP contribution in [0.1, 0.15) is 48.4 Å². The lowest BCUT2D eigenvalue weighted by atomic mass is 9.99. The Morgan fingerprint density at radius 1 is 1.26 bits per heavy atom. The van der Waals surface area contributed by atoms with E-state index in [1.54, 1.807) is 0 Å². The van der Waals surface area contributed by atoms with Crippen molar-refractivity contribution in [2.75, 3.05) is 13.1 Å². The van der Waals surface area contributed by atoms with E-state index in [0.717, 1.165) is 31.4 Å². The summed E-state index contributed by atoms with van der Waals surface area (Å²) in [7, 11) is 0. The summed E-state index contributed by atoms with van der Waals surface area (Å²) in [6, 6.07) is 6.26. The van der Waals surface area contributed by atoms with E-state index in [2.05, 4.69) is 32.0 Å². The van der Waals surface area contributed by atoms with Crippen molar-refractivity contribution < 1.29 is 4.79 Å². The Labute approximate surface area is 115 Å². The molecule has 2 N–H and O–H groups in total. The van der Waals surface area contributed by atoms with Crippen molar-refractivity contribution in [1.29, 1.82) is 0 Å². The molecule has 1 fully saturated rings. The van der Waals surface area contributed by atoms with Gasteiger partial charge in [-0.15, -0.1) is 0 Å². The van der Waals surface area contributed by atoms with Crippen LogP contribution in [-0.4, -0.2) is 23.9 Å². The van der Waals surface area contributed by atoms with Gasteiger partial charge in [0.25, 0.3) is 0 Å². The molecule has 0 radical (unpaired) electrons. The fraction of sp³-hybridized carbons (Fsp3) is 0.562. The Morgan fingerprint density at radius 3 is 2.79 bits per heavy atom. The fourth-order valence-corrected chi connectivity index (χ4v) is 2.81. The molecule has 2 rings (SSSR count). The number of rotatable bonds is 3. The lowest BCUT2D eigenvalue weighted by Crippen LogP contribution is -2.37. The van der Waals surface area contributed by atoms with E-state index in [9.17, 15) is 4.79 Å². The van der Waals surface area contributed by atoms with Gasteiger partial charge in [0.15, 0.2) is 0 Å². The molecule has 19 heavy (non-hydrogen) atoms. The second kappa shape index (κ2) is 6.20. The first-order valence-corrected chi connectivity index (χ1v) is 7.18. The van der Waals surface area contributed by atoms with Gasteiger partial charge in [0.2, 0.25) is 5.91 Å². The van der Waals surface area contributed by atoms with Gasteiger partial charge >= 0.3 is 0 Å². The zero-order valence-corrected chi connectivity index (χ0v) is 12.0. The van der Waals surface area contributed by atoms with Crippen molar-refractivity contribution in [3.63, 3.8) is 0 Å². The van der Waals surface area contributed by atoms with Gasteiger partial charge in [0, 0.05) is 25.6 Å². The smallest absolute Gasteiger partial charge is 0.222 e. The van der Waals surface area contributed by atoms with E-state index < -0.39 is 0 Å². The minimum absolute atomic E-state index is 0.0809. The van der Waals surface area contributed by atoms with Crippen LogP contribution in [0.5, 0.6) is 0 Å². The van der Waals surface area contributed by atoms with E-state index in [1.165, 1.54) is 11.1 Å². The van der Waals surface area contributed by atoms with Crippen LogP contribution in [0.2, 0.25) is 0 Å². The summed E-state index contributed by atoms with van der Waals surface area (Å²) in [4.78, 5) is 13.9. The molecule has 1 amide bonds. The summed E-state index contributed by atoms with van der Waals surface area (Å²) in [5.41, 5.74) is 9.92. The summed E-state index contributed by atoms with van der Waals surface area (Å²) in [6.07, 6.45) is 3.96. The monoisotopic (exact) mass is 260 g/mol. The van der Waals surface area contributed by atoms with Crippen molar-refractivity contribution in [2.24, 2.45) is 5.73 Å². The molecular formula is C16H24N2O. The van der Waals surface area contributed by atoms with Crippen molar-refractivity contribution in [1.82, 2.24) is 4.90 Å². The average Bonchev–Trinajstić information content (AvgIpc) is 2.55. The molecule has 3 heteroatoms. The number of hydrogen-bond acceptors (Lipinski definition) is 2. The molecule has 0 aromatic heterocycles. The Morgan fingerprint density at radius 2 is 2.05 bits per heavy atom. The number of likely N-dealkylation sites (tertiary alicyclic amines) is 1. The van der Waals surface area contributed by atoms with Gasteiger partial charge in [0.1, 0.15) is 0 Å². The molecule has 0 spiro atoms. The van der Waals surface area contributed by atoms with Crippen LogP contribution in [0.15, 0.2) is 18.2 Å². The first-order valence-electron chi connectivity index (χ1n) is 7.18. The van der Waals surface area contributed by atoms with Crippen LogP contribution in [0.4, 0.5) is 0 Å². The van der Waals surface area contributed by atoms with Crippen molar-refractivity contribution in [2.45, 2.75) is 45.6 Å². The first kappa shape index (κ1) is 14.1. The van der Waals surface area contributed by atoms with Gasteiger partial charge in [0.05, 0.1) is 0 Å². The van der Waals surface area contributed by atoms with Gasteiger partial charge in [-0.05, 0) is 37.8 Å². The largest absolute Gasteiger partial charge is 0.341 e. The highest BCUT2D eigenvalue weighted by molar-refractivity contribution is 5.76. The topological polar surface area (TPSA) is 46.3 Å². The third-order valence-corrected chi connectivity index (χ3v) is 3.91. The van der Waals surface area contributed by atoms with Crippen LogP contribution in [0.25, 0.3) is 0 Å². The van der Waals surface area contributed by atoms with E-state index in [1.807, 2.05) is 4.90 Å². The third kappa shape index (κ3) is 3.57. The van der Waals surface area contributed by atoms with E-state index in [-0.39, 0.29) is 11.9 Å². The van der Waals surface area contributed by atoms with E-state index >= 15 is 0 Å². The van der Waals surface area contributed by atoms with E-state index in [4.69, 9.17) is 5.73 Å². The van der Waals surface area contributed by atoms with Crippen molar-refractivity contribution in [3.8, 4) is 0 Å². The predicted octanol–water partition coefficient (Wildman–Crippen LogP) is 2.71. The third-order valence-electron chi connectivity index (χ3n) is 3.91. The van der Waals surface area contributed by atoms with Gasteiger partial charge in [-0.2, -0.15) is 0 Å². The number of carbonyl (C=O) groups excluding carboxylic acids is 1. The minimum atomic E-state index is -0.0809. The fourth-order valence-electron chi connectivity index (χ4n) is 2.81. The molecule has 1 aliphatic heterocycles. The number of aryl methyl sites for hydroxylation is 2. The maximum atomic E-state index is 12.0. The second-order valence-electron chi connectivity index (χ2n) is 5.62. The Kier molecular flexibility index (Phi) is 4.59. The van der Waals surface area contributed by atoms with Crippen LogP contribution in [0, 0.1) is 13.8 Å². The van der Waals surface area contributed by atoms with Gasteiger partial charge in [-0.25, -0.2) is 0 Å². The van der Waals surface area contributed by atoms with Crippen molar-refractivity contribution >= 4 is 5.91 Å². The zero-order chi connectivity index (χ0) is 13.8. The Balaban J connectivity index is 2.07. The summed E-state index contributed by atoms with van der Waals surface area (Å²) in [5, 5.41) is 0. The molecular weight excluding hydrogens is 236 g/mol. The summed E-state index contributed by atoms with van der Waals surface area (Å²) < 4.78 is 0. The van der Waals surface area contributed by atoms with Crippen LogP contribution in [-0.2, 0) is 4.79 Å². The maximum absolute atomic E-state index is 12.0. The quantitative estimate of drug-likeness (QED) is 0.908. The molecule has 1 aromatic carbocycles.